The van der Waals surface area contributed by atoms with Crippen LogP contribution in [-0.2, 0) is 11.2 Å². The maximum absolute atomic E-state index is 13.4. The van der Waals surface area contributed by atoms with E-state index in [4.69, 9.17) is 0 Å². The summed E-state index contributed by atoms with van der Waals surface area (Å²) in [4.78, 5) is 11.7. The van der Waals surface area contributed by atoms with Crippen LogP contribution in [0.3, 0.4) is 0 Å². The van der Waals surface area contributed by atoms with E-state index in [1.807, 2.05) is 0 Å². The fourth-order valence-corrected chi connectivity index (χ4v) is 2.02. The van der Waals surface area contributed by atoms with Crippen LogP contribution in [0, 0.1) is 17.5 Å². The van der Waals surface area contributed by atoms with E-state index in [0.29, 0.717) is 5.69 Å². The second-order valence-corrected chi connectivity index (χ2v) is 4.92. The number of hydrogen-bond donors (Lipinski definition) is 1. The zero-order valence-corrected chi connectivity index (χ0v) is 11.7. The normalized spacial score (nSPS) is 10.4. The fourth-order valence-electron chi connectivity index (χ4n) is 1.64. The van der Waals surface area contributed by atoms with Crippen LogP contribution in [0.15, 0.2) is 40.9 Å². The summed E-state index contributed by atoms with van der Waals surface area (Å²) in [7, 11) is 0. The third-order valence-corrected chi connectivity index (χ3v) is 3.19. The monoisotopic (exact) mass is 343 g/mol. The first-order valence-corrected chi connectivity index (χ1v) is 6.44. The molecule has 1 amide bonds. The molecule has 6 heteroatoms. The van der Waals surface area contributed by atoms with Gasteiger partial charge in [0.2, 0.25) is 5.91 Å². The first-order valence-electron chi connectivity index (χ1n) is 5.65. The standard InChI is InChI=1S/C14H9BrF3NO/c15-10-7-9(4-5-11(10)16)19-13(20)6-8-2-1-3-12(17)14(8)18/h1-5,7H,6H2,(H,19,20). The first kappa shape index (κ1) is 14.6. The van der Waals surface area contributed by atoms with Gasteiger partial charge in [0.25, 0.3) is 0 Å². The summed E-state index contributed by atoms with van der Waals surface area (Å²) < 4.78 is 39.6. The van der Waals surface area contributed by atoms with Gasteiger partial charge in [0.05, 0.1) is 10.9 Å². The minimum atomic E-state index is -1.04. The van der Waals surface area contributed by atoms with Gasteiger partial charge in [-0.3, -0.25) is 4.79 Å². The zero-order chi connectivity index (χ0) is 14.7. The molecule has 2 nitrogen and oxygen atoms in total. The molecule has 0 radical (unpaired) electrons. The molecule has 0 aliphatic heterocycles. The lowest BCUT2D eigenvalue weighted by molar-refractivity contribution is -0.115. The quantitative estimate of drug-likeness (QED) is 0.894. The highest BCUT2D eigenvalue weighted by Crippen LogP contribution is 2.20. The Bertz CT molecular complexity index is 661. The molecule has 0 bridgehead atoms. The molecular weight excluding hydrogens is 335 g/mol. The van der Waals surface area contributed by atoms with Gasteiger partial charge in [-0.1, -0.05) is 12.1 Å². The highest BCUT2D eigenvalue weighted by atomic mass is 79.9. The molecular formula is C14H9BrF3NO. The van der Waals surface area contributed by atoms with E-state index < -0.39 is 23.4 Å². The van der Waals surface area contributed by atoms with E-state index >= 15 is 0 Å². The van der Waals surface area contributed by atoms with Gasteiger partial charge in [-0.15, -0.1) is 0 Å². The minimum Gasteiger partial charge on any atom is -0.326 e. The highest BCUT2D eigenvalue weighted by molar-refractivity contribution is 9.10. The van der Waals surface area contributed by atoms with Crippen molar-refractivity contribution >= 4 is 27.5 Å². The maximum atomic E-state index is 13.4. The molecule has 0 spiro atoms. The fraction of sp³-hybridized carbons (Fsp3) is 0.0714. The average Bonchev–Trinajstić information content (AvgIpc) is 2.39. The third kappa shape index (κ3) is 3.39. The van der Waals surface area contributed by atoms with Gasteiger partial charge < -0.3 is 5.32 Å². The Hall–Kier alpha value is -1.82. The molecule has 0 atom stereocenters. The lowest BCUT2D eigenvalue weighted by atomic mass is 10.1. The van der Waals surface area contributed by atoms with Crippen LogP contribution < -0.4 is 5.32 Å². The smallest absolute Gasteiger partial charge is 0.228 e. The molecule has 0 saturated carbocycles. The van der Waals surface area contributed by atoms with Crippen molar-refractivity contribution in [1.29, 1.82) is 0 Å². The Kier molecular flexibility index (Phi) is 4.44. The Morgan fingerprint density at radius 2 is 1.85 bits per heavy atom. The molecule has 104 valence electrons. The molecule has 2 rings (SSSR count). The van der Waals surface area contributed by atoms with Crippen molar-refractivity contribution in [1.82, 2.24) is 0 Å². The average molecular weight is 344 g/mol. The van der Waals surface area contributed by atoms with Crippen LogP contribution in [0.2, 0.25) is 0 Å². The van der Waals surface area contributed by atoms with E-state index in [9.17, 15) is 18.0 Å². The molecule has 2 aromatic rings. The van der Waals surface area contributed by atoms with E-state index in [1.54, 1.807) is 0 Å². The number of benzene rings is 2. The lowest BCUT2D eigenvalue weighted by Crippen LogP contribution is -2.15. The SMILES string of the molecule is O=C(Cc1cccc(F)c1F)Nc1ccc(F)c(Br)c1. The molecule has 0 unspecified atom stereocenters. The number of carbonyl (C=O) groups excluding carboxylic acids is 1. The topological polar surface area (TPSA) is 29.1 Å². The number of amides is 1. The molecule has 0 heterocycles. The predicted octanol–water partition coefficient (Wildman–Crippen LogP) is 4.05. The molecule has 0 fully saturated rings. The van der Waals surface area contributed by atoms with Gasteiger partial charge in [0.1, 0.15) is 5.82 Å². The van der Waals surface area contributed by atoms with Gasteiger partial charge in [-0.2, -0.15) is 0 Å². The maximum Gasteiger partial charge on any atom is 0.228 e. The van der Waals surface area contributed by atoms with Crippen molar-refractivity contribution in [3.63, 3.8) is 0 Å². The molecule has 0 aliphatic rings. The van der Waals surface area contributed by atoms with Crippen LogP contribution in [0.25, 0.3) is 0 Å². The number of anilines is 1. The number of rotatable bonds is 3. The molecule has 20 heavy (non-hydrogen) atoms. The number of nitrogens with one attached hydrogen (secondary N) is 1. The largest absolute Gasteiger partial charge is 0.326 e. The highest BCUT2D eigenvalue weighted by Gasteiger charge is 2.12. The first-order chi connectivity index (χ1) is 9.47. The summed E-state index contributed by atoms with van der Waals surface area (Å²) in [6, 6.07) is 7.58. The van der Waals surface area contributed by atoms with Gasteiger partial charge in [-0.25, -0.2) is 13.2 Å². The zero-order valence-electron chi connectivity index (χ0n) is 10.1. The molecule has 0 aromatic heterocycles. The molecule has 0 aliphatic carbocycles. The summed E-state index contributed by atoms with van der Waals surface area (Å²) in [5.74, 6) is -3.02. The van der Waals surface area contributed by atoms with Gasteiger partial charge >= 0.3 is 0 Å². The van der Waals surface area contributed by atoms with Gasteiger partial charge in [0.15, 0.2) is 11.6 Å². The van der Waals surface area contributed by atoms with Crippen LogP contribution in [0.5, 0.6) is 0 Å². The summed E-state index contributed by atoms with van der Waals surface area (Å²) in [5, 5.41) is 2.48. The van der Waals surface area contributed by atoms with Crippen molar-refractivity contribution < 1.29 is 18.0 Å². The van der Waals surface area contributed by atoms with Crippen LogP contribution in [-0.4, -0.2) is 5.91 Å². The number of halogens is 4. The Labute approximate surface area is 121 Å². The van der Waals surface area contributed by atoms with Gasteiger partial charge in [-0.05, 0) is 40.2 Å². The Balaban J connectivity index is 2.09. The summed E-state index contributed by atoms with van der Waals surface area (Å²) in [6.45, 7) is 0. The van der Waals surface area contributed by atoms with Crippen LogP contribution in [0.4, 0.5) is 18.9 Å². The second-order valence-electron chi connectivity index (χ2n) is 4.07. The molecule has 2 aromatic carbocycles. The van der Waals surface area contributed by atoms with Gasteiger partial charge in [0, 0.05) is 11.3 Å². The van der Waals surface area contributed by atoms with E-state index in [0.717, 1.165) is 6.07 Å². The van der Waals surface area contributed by atoms with Crippen molar-refractivity contribution in [2.75, 3.05) is 5.32 Å². The second kappa shape index (κ2) is 6.09. The van der Waals surface area contributed by atoms with E-state index in [1.165, 1.54) is 30.3 Å². The van der Waals surface area contributed by atoms with Crippen molar-refractivity contribution in [2.24, 2.45) is 0 Å². The summed E-state index contributed by atoms with van der Waals surface area (Å²) >= 11 is 2.99. The molecule has 1 N–H and O–H groups in total. The number of carbonyl (C=O) groups is 1. The molecule has 0 saturated heterocycles. The van der Waals surface area contributed by atoms with E-state index in [-0.39, 0.29) is 16.5 Å². The Morgan fingerprint density at radius 3 is 2.55 bits per heavy atom. The van der Waals surface area contributed by atoms with Crippen LogP contribution in [0.1, 0.15) is 5.56 Å². The minimum absolute atomic E-state index is 0.0383. The van der Waals surface area contributed by atoms with Crippen LogP contribution >= 0.6 is 15.9 Å². The third-order valence-electron chi connectivity index (χ3n) is 2.59. The van der Waals surface area contributed by atoms with Crippen molar-refractivity contribution in [3.05, 3.63) is 63.9 Å². The number of hydrogen-bond acceptors (Lipinski definition) is 1. The lowest BCUT2D eigenvalue weighted by Gasteiger charge is -2.07. The summed E-state index contributed by atoms with van der Waals surface area (Å²) in [6.07, 6.45) is -0.307. The van der Waals surface area contributed by atoms with Crippen molar-refractivity contribution in [3.8, 4) is 0 Å². The predicted molar refractivity (Wildman–Crippen MR) is 72.8 cm³/mol. The van der Waals surface area contributed by atoms with Crippen molar-refractivity contribution in [2.45, 2.75) is 6.42 Å². The summed E-state index contributed by atoms with van der Waals surface area (Å²) in [5.41, 5.74) is 0.323. The van der Waals surface area contributed by atoms with E-state index in [2.05, 4.69) is 21.2 Å². The Morgan fingerprint density at radius 1 is 1.10 bits per heavy atom.